The predicted octanol–water partition coefficient (Wildman–Crippen LogP) is 1.19. The van der Waals surface area contributed by atoms with E-state index in [0.717, 1.165) is 6.07 Å². The zero-order valence-corrected chi connectivity index (χ0v) is 11.9. The van der Waals surface area contributed by atoms with Gasteiger partial charge in [0, 0.05) is 29.3 Å². The third-order valence-corrected chi connectivity index (χ3v) is 2.75. The first-order valence-electron chi connectivity index (χ1n) is 5.32. The number of nitrogens with zero attached hydrogens (tertiary/aromatic N) is 1. The van der Waals surface area contributed by atoms with Crippen molar-refractivity contribution in [1.82, 2.24) is 5.32 Å². The molecule has 1 aromatic rings. The molecule has 0 aliphatic heterocycles. The van der Waals surface area contributed by atoms with E-state index in [9.17, 15) is 19.7 Å². The number of ether oxygens (including phenoxy) is 1. The molecule has 0 aliphatic carbocycles. The van der Waals surface area contributed by atoms with Crippen LogP contribution in [0.2, 0.25) is 0 Å². The van der Waals surface area contributed by atoms with E-state index in [1.807, 2.05) is 0 Å². The highest BCUT2D eigenvalue weighted by Crippen LogP contribution is 2.21. The van der Waals surface area contributed by atoms with Gasteiger partial charge in [0.1, 0.15) is 0 Å². The molecule has 20 heavy (non-hydrogen) atoms. The predicted molar refractivity (Wildman–Crippen MR) is 71.6 cm³/mol. The average molecular weight is 347 g/mol. The van der Waals surface area contributed by atoms with E-state index in [0.29, 0.717) is 4.47 Å². The number of nitro benzene ring substituents is 1. The Hall–Kier alpha value is -2.00. The number of rotatable bonds is 6. The molecule has 0 aliphatic rings. The van der Waals surface area contributed by atoms with Crippen LogP contribution in [0.1, 0.15) is 10.4 Å². The van der Waals surface area contributed by atoms with E-state index in [-0.39, 0.29) is 17.9 Å². The molecule has 2 N–H and O–H groups in total. The lowest BCUT2D eigenvalue weighted by Crippen LogP contribution is -2.43. The number of nitro groups is 1. The molecule has 0 radical (unpaired) electrons. The SMILES string of the molecule is COCC(NC(=O)c1cc(Br)cc([N+](=O)[O-])c1)C(=O)O. The number of benzene rings is 1. The molecule has 1 rings (SSSR count). The second-order valence-corrected chi connectivity index (χ2v) is 4.69. The number of carboxylic acids is 1. The number of hydrogen-bond donors (Lipinski definition) is 2. The van der Waals surface area contributed by atoms with Crippen LogP contribution in [0.5, 0.6) is 0 Å². The van der Waals surface area contributed by atoms with Gasteiger partial charge in [-0.25, -0.2) is 4.79 Å². The number of nitrogens with one attached hydrogen (secondary N) is 1. The van der Waals surface area contributed by atoms with Crippen molar-refractivity contribution in [2.75, 3.05) is 13.7 Å². The summed E-state index contributed by atoms with van der Waals surface area (Å²) in [5, 5.41) is 21.8. The number of carboxylic acid groups (broad SMARTS) is 1. The number of carbonyl (C=O) groups is 2. The zero-order valence-electron chi connectivity index (χ0n) is 10.3. The Morgan fingerprint density at radius 1 is 1.50 bits per heavy atom. The van der Waals surface area contributed by atoms with Crippen LogP contribution in [-0.4, -0.2) is 41.7 Å². The van der Waals surface area contributed by atoms with Gasteiger partial charge < -0.3 is 15.2 Å². The van der Waals surface area contributed by atoms with Crippen molar-refractivity contribution in [2.24, 2.45) is 0 Å². The van der Waals surface area contributed by atoms with E-state index in [1.165, 1.54) is 19.2 Å². The van der Waals surface area contributed by atoms with Gasteiger partial charge in [0.2, 0.25) is 0 Å². The number of carbonyl (C=O) groups excluding carboxylic acids is 1. The maximum atomic E-state index is 11.9. The lowest BCUT2D eigenvalue weighted by Gasteiger charge is -2.13. The van der Waals surface area contributed by atoms with Crippen molar-refractivity contribution in [3.8, 4) is 0 Å². The number of amides is 1. The molecule has 1 atom stereocenters. The summed E-state index contributed by atoms with van der Waals surface area (Å²) in [7, 11) is 1.30. The lowest BCUT2D eigenvalue weighted by atomic mass is 10.1. The first-order chi connectivity index (χ1) is 9.35. The van der Waals surface area contributed by atoms with Gasteiger partial charge in [-0.05, 0) is 6.07 Å². The number of methoxy groups -OCH3 is 1. The normalized spacial score (nSPS) is 11.7. The van der Waals surface area contributed by atoms with Crippen LogP contribution in [0, 0.1) is 10.1 Å². The summed E-state index contributed by atoms with van der Waals surface area (Å²) in [6, 6.07) is 2.42. The molecule has 9 heteroatoms. The van der Waals surface area contributed by atoms with Gasteiger partial charge in [0.05, 0.1) is 11.5 Å². The van der Waals surface area contributed by atoms with Gasteiger partial charge in [-0.1, -0.05) is 15.9 Å². The number of hydrogen-bond acceptors (Lipinski definition) is 5. The van der Waals surface area contributed by atoms with Crippen LogP contribution in [0.25, 0.3) is 0 Å². The fourth-order valence-electron chi connectivity index (χ4n) is 1.39. The van der Waals surface area contributed by atoms with Crippen molar-refractivity contribution in [3.63, 3.8) is 0 Å². The molecular weight excluding hydrogens is 336 g/mol. The molecule has 0 heterocycles. The molecule has 0 spiro atoms. The van der Waals surface area contributed by atoms with Crippen LogP contribution >= 0.6 is 15.9 Å². The summed E-state index contributed by atoms with van der Waals surface area (Å²) >= 11 is 3.05. The van der Waals surface area contributed by atoms with Crippen molar-refractivity contribution >= 4 is 33.5 Å². The van der Waals surface area contributed by atoms with Crippen molar-refractivity contribution in [2.45, 2.75) is 6.04 Å². The molecule has 108 valence electrons. The Bertz CT molecular complexity index is 548. The standard InChI is InChI=1S/C11H11BrN2O6/c1-20-5-9(11(16)17)13-10(15)6-2-7(12)4-8(3-6)14(18)19/h2-4,9H,5H2,1H3,(H,13,15)(H,16,17). The summed E-state index contributed by atoms with van der Waals surface area (Å²) in [6.07, 6.45) is 0. The highest BCUT2D eigenvalue weighted by molar-refractivity contribution is 9.10. The summed E-state index contributed by atoms with van der Waals surface area (Å²) in [5.41, 5.74) is -0.295. The molecule has 0 saturated carbocycles. The topological polar surface area (TPSA) is 119 Å². The quantitative estimate of drug-likeness (QED) is 0.589. The van der Waals surface area contributed by atoms with Crippen molar-refractivity contribution < 1.29 is 24.4 Å². The Labute approximate surface area is 122 Å². The first kappa shape index (κ1) is 16.1. The highest BCUT2D eigenvalue weighted by Gasteiger charge is 2.22. The Balaban J connectivity index is 2.97. The summed E-state index contributed by atoms with van der Waals surface area (Å²) < 4.78 is 5.02. The van der Waals surface area contributed by atoms with E-state index in [1.54, 1.807) is 0 Å². The van der Waals surface area contributed by atoms with E-state index >= 15 is 0 Å². The van der Waals surface area contributed by atoms with Crippen LogP contribution in [-0.2, 0) is 9.53 Å². The number of non-ortho nitro benzene ring substituents is 1. The Kier molecular flexibility index (Phi) is 5.59. The summed E-state index contributed by atoms with van der Waals surface area (Å²) in [6.45, 7) is -0.211. The molecule has 1 unspecified atom stereocenters. The summed E-state index contributed by atoms with van der Waals surface area (Å²) in [4.78, 5) is 32.8. The molecule has 0 fully saturated rings. The van der Waals surface area contributed by atoms with Crippen LogP contribution < -0.4 is 5.32 Å². The second-order valence-electron chi connectivity index (χ2n) is 3.77. The van der Waals surface area contributed by atoms with Gasteiger partial charge >= 0.3 is 5.97 Å². The monoisotopic (exact) mass is 346 g/mol. The zero-order chi connectivity index (χ0) is 15.3. The smallest absolute Gasteiger partial charge is 0.328 e. The van der Waals surface area contributed by atoms with E-state index in [4.69, 9.17) is 5.11 Å². The lowest BCUT2D eigenvalue weighted by molar-refractivity contribution is -0.385. The number of halogens is 1. The van der Waals surface area contributed by atoms with Gasteiger partial charge in [-0.3, -0.25) is 14.9 Å². The molecule has 0 aromatic heterocycles. The van der Waals surface area contributed by atoms with Crippen LogP contribution in [0.4, 0.5) is 5.69 Å². The fraction of sp³-hybridized carbons (Fsp3) is 0.273. The molecule has 8 nitrogen and oxygen atoms in total. The molecule has 0 saturated heterocycles. The van der Waals surface area contributed by atoms with Crippen LogP contribution in [0.15, 0.2) is 22.7 Å². The fourth-order valence-corrected chi connectivity index (χ4v) is 1.87. The maximum Gasteiger partial charge on any atom is 0.328 e. The van der Waals surface area contributed by atoms with Gasteiger partial charge in [0.25, 0.3) is 11.6 Å². The minimum atomic E-state index is -1.26. The molecular formula is C11H11BrN2O6. The first-order valence-corrected chi connectivity index (χ1v) is 6.12. The van der Waals surface area contributed by atoms with Gasteiger partial charge in [0.15, 0.2) is 6.04 Å². The van der Waals surface area contributed by atoms with Crippen molar-refractivity contribution in [1.29, 1.82) is 0 Å². The average Bonchev–Trinajstić information content (AvgIpc) is 2.37. The third kappa shape index (κ3) is 4.28. The maximum absolute atomic E-state index is 11.9. The molecule has 1 amide bonds. The largest absolute Gasteiger partial charge is 0.480 e. The second kappa shape index (κ2) is 6.96. The number of aliphatic carboxylic acids is 1. The van der Waals surface area contributed by atoms with Crippen molar-refractivity contribution in [3.05, 3.63) is 38.3 Å². The highest BCUT2D eigenvalue weighted by atomic mass is 79.9. The van der Waals surface area contributed by atoms with E-state index < -0.39 is 22.8 Å². The minimum absolute atomic E-state index is 0.0200. The molecule has 1 aromatic carbocycles. The molecule has 0 bridgehead atoms. The van der Waals surface area contributed by atoms with Gasteiger partial charge in [-0.2, -0.15) is 0 Å². The third-order valence-electron chi connectivity index (χ3n) is 2.29. The summed E-state index contributed by atoms with van der Waals surface area (Å²) in [5.74, 6) is -2.00. The Morgan fingerprint density at radius 2 is 2.15 bits per heavy atom. The Morgan fingerprint density at radius 3 is 2.65 bits per heavy atom. The van der Waals surface area contributed by atoms with E-state index in [2.05, 4.69) is 26.0 Å². The minimum Gasteiger partial charge on any atom is -0.480 e. The van der Waals surface area contributed by atoms with Gasteiger partial charge in [-0.15, -0.1) is 0 Å². The van der Waals surface area contributed by atoms with Crippen LogP contribution in [0.3, 0.4) is 0 Å².